The van der Waals surface area contributed by atoms with Crippen LogP contribution in [0.15, 0.2) is 34.5 Å². The van der Waals surface area contributed by atoms with Crippen LogP contribution in [0.3, 0.4) is 0 Å². The topological polar surface area (TPSA) is 82.9 Å². The number of rotatable bonds is 4. The van der Waals surface area contributed by atoms with Gasteiger partial charge in [0.25, 0.3) is 0 Å². The predicted molar refractivity (Wildman–Crippen MR) is 98.8 cm³/mol. The van der Waals surface area contributed by atoms with Crippen LogP contribution in [0.4, 0.5) is 0 Å². The van der Waals surface area contributed by atoms with Gasteiger partial charge in [-0.1, -0.05) is 0 Å². The number of hydrogen-bond donors (Lipinski definition) is 2. The minimum Gasteiger partial charge on any atom is -0.262 e. The van der Waals surface area contributed by atoms with E-state index in [-0.39, 0.29) is 0 Å². The summed E-state index contributed by atoms with van der Waals surface area (Å²) in [6, 6.07) is 7.78. The standard InChI is InChI=1S/C16H18N4O2S2/c1-9-5-7-13(23-9)11(3)17-19-15(21)16(22)20-18-12(4)14-8-6-10(2)24-14/h5-8H,1-4H3,(H,19,21)(H,20,22). The fourth-order valence-electron chi connectivity index (χ4n) is 1.74. The van der Waals surface area contributed by atoms with Gasteiger partial charge in [-0.05, 0) is 52.0 Å². The molecule has 126 valence electrons. The molecule has 0 aliphatic rings. The molecule has 0 spiro atoms. The van der Waals surface area contributed by atoms with Crippen LogP contribution in [-0.4, -0.2) is 23.2 Å². The van der Waals surface area contributed by atoms with Crippen molar-refractivity contribution in [1.29, 1.82) is 0 Å². The van der Waals surface area contributed by atoms with Crippen molar-refractivity contribution >= 4 is 45.9 Å². The van der Waals surface area contributed by atoms with Crippen LogP contribution in [0.25, 0.3) is 0 Å². The van der Waals surface area contributed by atoms with Gasteiger partial charge in [-0.25, -0.2) is 10.9 Å². The lowest BCUT2D eigenvalue weighted by Gasteiger charge is -2.01. The number of carbonyl (C=O) groups is 2. The Kier molecular flexibility index (Phi) is 5.99. The van der Waals surface area contributed by atoms with Crippen LogP contribution in [0.2, 0.25) is 0 Å². The fraction of sp³-hybridized carbons (Fsp3) is 0.250. The smallest absolute Gasteiger partial charge is 0.262 e. The first-order chi connectivity index (χ1) is 11.4. The van der Waals surface area contributed by atoms with Crippen LogP contribution in [0.1, 0.15) is 33.4 Å². The van der Waals surface area contributed by atoms with Gasteiger partial charge >= 0.3 is 11.8 Å². The summed E-state index contributed by atoms with van der Waals surface area (Å²) in [6.07, 6.45) is 0. The molecule has 0 aliphatic heterocycles. The number of amides is 2. The molecule has 0 aliphatic carbocycles. The fourth-order valence-corrected chi connectivity index (χ4v) is 3.36. The summed E-state index contributed by atoms with van der Waals surface area (Å²) < 4.78 is 0. The van der Waals surface area contributed by atoms with Gasteiger partial charge in [-0.15, -0.1) is 22.7 Å². The monoisotopic (exact) mass is 362 g/mol. The SMILES string of the molecule is CC(=NNC(=O)C(=O)NN=C(C)c1ccc(C)s1)c1ccc(C)s1. The van der Waals surface area contributed by atoms with E-state index in [4.69, 9.17) is 0 Å². The van der Waals surface area contributed by atoms with Crippen LogP contribution in [0.5, 0.6) is 0 Å². The molecule has 0 radical (unpaired) electrons. The molecule has 2 rings (SSSR count). The minimum absolute atomic E-state index is 0.642. The minimum atomic E-state index is -0.860. The molecular weight excluding hydrogens is 344 g/mol. The van der Waals surface area contributed by atoms with Crippen molar-refractivity contribution in [3.8, 4) is 0 Å². The van der Waals surface area contributed by atoms with Crippen LogP contribution >= 0.6 is 22.7 Å². The van der Waals surface area contributed by atoms with Gasteiger partial charge < -0.3 is 0 Å². The summed E-state index contributed by atoms with van der Waals surface area (Å²) in [4.78, 5) is 27.7. The quantitative estimate of drug-likeness (QED) is 0.498. The van der Waals surface area contributed by atoms with Gasteiger partial charge in [0.1, 0.15) is 0 Å². The summed E-state index contributed by atoms with van der Waals surface area (Å²) in [5.41, 5.74) is 5.75. The molecule has 6 nitrogen and oxygen atoms in total. The Morgan fingerprint density at radius 1 is 0.792 bits per heavy atom. The van der Waals surface area contributed by atoms with Gasteiger partial charge in [0.2, 0.25) is 0 Å². The average Bonchev–Trinajstić information content (AvgIpc) is 3.18. The normalized spacial score (nSPS) is 12.2. The highest BCUT2D eigenvalue weighted by molar-refractivity contribution is 7.14. The predicted octanol–water partition coefficient (Wildman–Crippen LogP) is 2.81. The molecular formula is C16H18N4O2S2. The highest BCUT2D eigenvalue weighted by Gasteiger charge is 2.13. The molecule has 2 amide bonds. The van der Waals surface area contributed by atoms with Gasteiger partial charge in [0.05, 0.1) is 21.2 Å². The second-order valence-electron chi connectivity index (χ2n) is 5.10. The molecule has 0 saturated carbocycles. The molecule has 2 heterocycles. The summed E-state index contributed by atoms with van der Waals surface area (Å²) >= 11 is 3.13. The maximum absolute atomic E-state index is 11.7. The van der Waals surface area contributed by atoms with Crippen molar-refractivity contribution in [3.63, 3.8) is 0 Å². The Morgan fingerprint density at radius 3 is 1.46 bits per heavy atom. The van der Waals surface area contributed by atoms with Crippen molar-refractivity contribution < 1.29 is 9.59 Å². The maximum atomic E-state index is 11.7. The van der Waals surface area contributed by atoms with Crippen molar-refractivity contribution in [1.82, 2.24) is 10.9 Å². The molecule has 24 heavy (non-hydrogen) atoms. The number of aryl methyl sites for hydroxylation is 2. The third kappa shape index (κ3) is 4.84. The van der Waals surface area contributed by atoms with E-state index in [2.05, 4.69) is 21.1 Å². The van der Waals surface area contributed by atoms with Gasteiger partial charge in [0, 0.05) is 9.75 Å². The largest absolute Gasteiger partial charge is 0.331 e. The first kappa shape index (κ1) is 18.0. The van der Waals surface area contributed by atoms with Crippen LogP contribution in [0, 0.1) is 13.8 Å². The molecule has 0 aromatic carbocycles. The Labute approximate surface area is 148 Å². The summed E-state index contributed by atoms with van der Waals surface area (Å²) in [7, 11) is 0. The van der Waals surface area contributed by atoms with E-state index < -0.39 is 11.8 Å². The van der Waals surface area contributed by atoms with E-state index in [0.29, 0.717) is 11.4 Å². The lowest BCUT2D eigenvalue weighted by Crippen LogP contribution is -2.36. The van der Waals surface area contributed by atoms with E-state index in [1.807, 2.05) is 38.1 Å². The van der Waals surface area contributed by atoms with Gasteiger partial charge in [-0.2, -0.15) is 10.2 Å². The lowest BCUT2D eigenvalue weighted by atomic mass is 10.3. The first-order valence-corrected chi connectivity index (χ1v) is 8.82. The molecule has 0 unspecified atom stereocenters. The average molecular weight is 362 g/mol. The van der Waals surface area contributed by atoms with Crippen molar-refractivity contribution in [2.45, 2.75) is 27.7 Å². The number of thiophene rings is 2. The van der Waals surface area contributed by atoms with Crippen molar-refractivity contribution in [2.75, 3.05) is 0 Å². The summed E-state index contributed by atoms with van der Waals surface area (Å²) in [6.45, 7) is 7.52. The Bertz CT molecular complexity index is 749. The number of nitrogens with one attached hydrogen (secondary N) is 2. The molecule has 2 aromatic heterocycles. The van der Waals surface area contributed by atoms with Crippen molar-refractivity contribution in [2.24, 2.45) is 10.2 Å². The Hall–Kier alpha value is -2.32. The molecule has 8 heteroatoms. The lowest BCUT2D eigenvalue weighted by molar-refractivity contribution is -0.139. The third-order valence-electron chi connectivity index (χ3n) is 3.05. The molecule has 0 saturated heterocycles. The maximum Gasteiger partial charge on any atom is 0.331 e. The molecule has 0 bridgehead atoms. The third-order valence-corrected chi connectivity index (χ3v) is 5.27. The summed E-state index contributed by atoms with van der Waals surface area (Å²) in [5, 5.41) is 7.88. The zero-order chi connectivity index (χ0) is 17.7. The Morgan fingerprint density at radius 2 is 1.17 bits per heavy atom. The van der Waals surface area contributed by atoms with E-state index in [1.54, 1.807) is 36.5 Å². The number of carbonyl (C=O) groups excluding carboxylic acids is 2. The number of hydrazone groups is 2. The molecule has 2 N–H and O–H groups in total. The van der Waals surface area contributed by atoms with Crippen molar-refractivity contribution in [3.05, 3.63) is 43.8 Å². The van der Waals surface area contributed by atoms with Crippen LogP contribution < -0.4 is 10.9 Å². The van der Waals surface area contributed by atoms with Gasteiger partial charge in [0.15, 0.2) is 0 Å². The Balaban J connectivity index is 1.91. The molecule has 0 fully saturated rings. The number of hydrogen-bond acceptors (Lipinski definition) is 6. The number of nitrogens with zero attached hydrogens (tertiary/aromatic N) is 2. The van der Waals surface area contributed by atoms with Crippen LogP contribution in [-0.2, 0) is 9.59 Å². The van der Waals surface area contributed by atoms with E-state index in [0.717, 1.165) is 19.5 Å². The van der Waals surface area contributed by atoms with Gasteiger partial charge in [-0.3, -0.25) is 9.59 Å². The second-order valence-corrected chi connectivity index (χ2v) is 7.67. The zero-order valence-electron chi connectivity index (χ0n) is 13.8. The van der Waals surface area contributed by atoms with E-state index in [1.165, 1.54) is 0 Å². The zero-order valence-corrected chi connectivity index (χ0v) is 15.5. The first-order valence-electron chi connectivity index (χ1n) is 7.19. The summed E-state index contributed by atoms with van der Waals surface area (Å²) in [5.74, 6) is -1.72. The molecule has 2 aromatic rings. The molecule has 0 atom stereocenters. The van der Waals surface area contributed by atoms with E-state index >= 15 is 0 Å². The highest BCUT2D eigenvalue weighted by atomic mass is 32.1. The second kappa shape index (κ2) is 7.98. The van der Waals surface area contributed by atoms with E-state index in [9.17, 15) is 9.59 Å². The highest BCUT2D eigenvalue weighted by Crippen LogP contribution is 2.16.